The van der Waals surface area contributed by atoms with Crippen molar-refractivity contribution in [2.45, 2.75) is 25.6 Å². The predicted molar refractivity (Wildman–Crippen MR) is 157 cm³/mol. The van der Waals surface area contributed by atoms with Crippen molar-refractivity contribution in [2.24, 2.45) is 0 Å². The summed E-state index contributed by atoms with van der Waals surface area (Å²) in [5.74, 6) is 0.248. The summed E-state index contributed by atoms with van der Waals surface area (Å²) in [6.07, 6.45) is 2.03. The van der Waals surface area contributed by atoms with Crippen LogP contribution in [0.5, 0.6) is 11.5 Å². The highest BCUT2D eigenvalue weighted by Crippen LogP contribution is 2.53. The summed E-state index contributed by atoms with van der Waals surface area (Å²) in [5, 5.41) is 16.3. The number of hydrogen-bond donors (Lipinski definition) is 2. The molecule has 1 saturated heterocycles. The molecule has 3 amide bonds. The topological polar surface area (TPSA) is 120 Å². The third-order valence-electron chi connectivity index (χ3n) is 7.43. The average Bonchev–Trinajstić information content (AvgIpc) is 3.60. The van der Waals surface area contributed by atoms with Crippen LogP contribution >= 0.6 is 22.9 Å². The Balaban J connectivity index is 1.22. The fraction of sp³-hybridized carbons (Fsp3) is 0.241. The maximum Gasteiger partial charge on any atom is 0.331 e. The lowest BCUT2D eigenvalue weighted by molar-refractivity contribution is 0.103. The molecule has 0 saturated carbocycles. The zero-order valence-corrected chi connectivity index (χ0v) is 23.5. The first-order chi connectivity index (χ1) is 20.4. The van der Waals surface area contributed by atoms with E-state index in [2.05, 4.69) is 26.6 Å². The van der Waals surface area contributed by atoms with Crippen LogP contribution in [0, 0.1) is 11.3 Å². The number of anilines is 4. The van der Waals surface area contributed by atoms with Gasteiger partial charge in [-0.1, -0.05) is 23.7 Å². The molecule has 0 aliphatic carbocycles. The number of alkyl halides is 1. The summed E-state index contributed by atoms with van der Waals surface area (Å²) >= 11 is 7.65. The van der Waals surface area contributed by atoms with E-state index in [0.29, 0.717) is 41.2 Å². The summed E-state index contributed by atoms with van der Waals surface area (Å²) in [6, 6.07) is 12.1. The number of thiophene rings is 1. The molecule has 0 spiro atoms. The second-order valence-corrected chi connectivity index (χ2v) is 11.5. The average molecular weight is 605 g/mol. The second kappa shape index (κ2) is 10.4. The van der Waals surface area contributed by atoms with E-state index in [1.807, 2.05) is 12.1 Å². The Morgan fingerprint density at radius 3 is 2.86 bits per heavy atom. The molecule has 212 valence electrons. The van der Waals surface area contributed by atoms with Crippen LogP contribution in [0.15, 0.2) is 42.6 Å². The Labute approximate surface area is 248 Å². The van der Waals surface area contributed by atoms with E-state index in [0.717, 1.165) is 29.9 Å². The Morgan fingerprint density at radius 1 is 1.24 bits per heavy atom. The zero-order chi connectivity index (χ0) is 29.0. The van der Waals surface area contributed by atoms with Crippen LogP contribution in [-0.2, 0) is 6.54 Å². The molecule has 7 rings (SSSR count). The number of carbonyl (C=O) groups excluding carboxylic acids is 2. The summed E-state index contributed by atoms with van der Waals surface area (Å²) in [6.45, 7) is 1.89. The standard InChI is InChI=1S/C29H22ClFN6O4S/c30-19-7-8-20-25(41-14-40-20)24(19)37-23-16(10-32)11-33-28-21(23)22(35-29(37)39)26(42-28)27(38)34-18-5-3-15(4-6-18)12-36-9-1-2-17(31)13-36/h3-8,11,17H,1-2,9,12-14H2,(H,34,38)(H,35,39). The van der Waals surface area contributed by atoms with Crippen molar-refractivity contribution in [3.05, 3.63) is 63.6 Å². The lowest BCUT2D eigenvalue weighted by Crippen LogP contribution is -2.35. The van der Waals surface area contributed by atoms with Gasteiger partial charge in [-0.15, -0.1) is 11.3 Å². The maximum absolute atomic E-state index is 13.8. The molecule has 4 aromatic rings. The molecule has 1 unspecified atom stereocenters. The highest BCUT2D eigenvalue weighted by Gasteiger charge is 2.38. The van der Waals surface area contributed by atoms with Crippen molar-refractivity contribution in [1.29, 1.82) is 5.26 Å². The number of pyridine rings is 1. The number of piperidine rings is 1. The third-order valence-corrected chi connectivity index (χ3v) is 8.83. The monoisotopic (exact) mass is 604 g/mol. The number of nitrogens with one attached hydrogen (secondary N) is 2. The SMILES string of the molecule is N#Cc1cnc2sc(C(=O)Nc3ccc(CN4CCCC(F)C4)cc3)c3c2c1N(c1c(Cl)ccc2c1OCO2)C(=O)N3. The van der Waals surface area contributed by atoms with Crippen LogP contribution < -0.4 is 25.0 Å². The van der Waals surface area contributed by atoms with Crippen molar-refractivity contribution >= 4 is 67.8 Å². The van der Waals surface area contributed by atoms with Crippen LogP contribution in [0.2, 0.25) is 5.02 Å². The van der Waals surface area contributed by atoms with Gasteiger partial charge in [-0.05, 0) is 49.2 Å². The normalized spacial score (nSPS) is 17.7. The number of nitriles is 1. The number of nitrogens with zero attached hydrogens (tertiary/aromatic N) is 4. The molecule has 1 fully saturated rings. The number of aromatic nitrogens is 1. The fourth-order valence-corrected chi connectivity index (χ4v) is 6.78. The number of fused-ring (bicyclic) bond motifs is 1. The zero-order valence-electron chi connectivity index (χ0n) is 21.9. The van der Waals surface area contributed by atoms with Crippen molar-refractivity contribution in [3.8, 4) is 17.6 Å². The van der Waals surface area contributed by atoms with E-state index in [1.54, 1.807) is 24.3 Å². The van der Waals surface area contributed by atoms with E-state index in [1.165, 1.54) is 11.1 Å². The molecule has 3 aliphatic heterocycles. The van der Waals surface area contributed by atoms with E-state index < -0.39 is 18.1 Å². The van der Waals surface area contributed by atoms with Gasteiger partial charge in [-0.3, -0.25) is 14.6 Å². The minimum Gasteiger partial charge on any atom is -0.454 e. The van der Waals surface area contributed by atoms with Crippen molar-refractivity contribution < 1.29 is 23.5 Å². The number of amides is 3. The van der Waals surface area contributed by atoms with Crippen molar-refractivity contribution in [3.63, 3.8) is 0 Å². The largest absolute Gasteiger partial charge is 0.454 e. The van der Waals surface area contributed by atoms with Gasteiger partial charge < -0.3 is 20.1 Å². The fourth-order valence-electron chi connectivity index (χ4n) is 5.54. The van der Waals surface area contributed by atoms with Crippen LogP contribution in [-0.4, -0.2) is 47.9 Å². The van der Waals surface area contributed by atoms with Gasteiger partial charge in [0.25, 0.3) is 5.91 Å². The summed E-state index contributed by atoms with van der Waals surface area (Å²) in [4.78, 5) is 35.6. The minimum atomic E-state index is -0.792. The molecule has 1 atom stereocenters. The molecule has 0 bridgehead atoms. The van der Waals surface area contributed by atoms with E-state index >= 15 is 0 Å². The summed E-state index contributed by atoms with van der Waals surface area (Å²) in [7, 11) is 0. The van der Waals surface area contributed by atoms with E-state index in [-0.39, 0.29) is 45.1 Å². The first-order valence-corrected chi connectivity index (χ1v) is 14.4. The first kappa shape index (κ1) is 26.5. The molecule has 3 aliphatic rings. The molecular formula is C29H22ClFN6O4S. The summed E-state index contributed by atoms with van der Waals surface area (Å²) < 4.78 is 24.9. The van der Waals surface area contributed by atoms with Crippen molar-refractivity contribution in [1.82, 2.24) is 9.88 Å². The van der Waals surface area contributed by atoms with E-state index in [9.17, 15) is 19.2 Å². The molecule has 0 radical (unpaired) electrons. The number of urea groups is 1. The Bertz CT molecular complexity index is 1810. The van der Waals surface area contributed by atoms with Gasteiger partial charge in [0.05, 0.1) is 27.3 Å². The highest BCUT2D eigenvalue weighted by atomic mass is 35.5. The molecule has 2 N–H and O–H groups in total. The lowest BCUT2D eigenvalue weighted by Gasteiger charge is -2.30. The molecule has 5 heterocycles. The molecule has 2 aromatic carbocycles. The van der Waals surface area contributed by atoms with Crippen LogP contribution in [0.25, 0.3) is 10.2 Å². The number of hydrogen-bond acceptors (Lipinski definition) is 8. The summed E-state index contributed by atoms with van der Waals surface area (Å²) in [5.41, 5.74) is 2.44. The number of carbonyl (C=O) groups is 2. The number of halogens is 2. The van der Waals surface area contributed by atoms with Gasteiger partial charge in [0.15, 0.2) is 11.5 Å². The predicted octanol–water partition coefficient (Wildman–Crippen LogP) is 6.42. The maximum atomic E-state index is 13.8. The van der Waals surface area contributed by atoms with Gasteiger partial charge in [-0.2, -0.15) is 5.26 Å². The Morgan fingerprint density at radius 2 is 2.07 bits per heavy atom. The van der Waals surface area contributed by atoms with E-state index in [4.69, 9.17) is 21.1 Å². The molecule has 13 heteroatoms. The lowest BCUT2D eigenvalue weighted by atomic mass is 10.1. The van der Waals surface area contributed by atoms with Crippen LogP contribution in [0.4, 0.5) is 31.9 Å². The Hall–Kier alpha value is -4.44. The smallest absolute Gasteiger partial charge is 0.331 e. The van der Waals surface area contributed by atoms with Gasteiger partial charge >= 0.3 is 6.03 Å². The molecule has 2 aromatic heterocycles. The third kappa shape index (κ3) is 4.46. The quantitative estimate of drug-likeness (QED) is 0.270. The second-order valence-electron chi connectivity index (χ2n) is 10.1. The Kier molecular flexibility index (Phi) is 6.57. The highest BCUT2D eigenvalue weighted by molar-refractivity contribution is 7.21. The molecule has 42 heavy (non-hydrogen) atoms. The van der Waals surface area contributed by atoms with Crippen LogP contribution in [0.1, 0.15) is 33.6 Å². The van der Waals surface area contributed by atoms with Gasteiger partial charge in [0.1, 0.15) is 27.6 Å². The number of likely N-dealkylation sites (tertiary alicyclic amines) is 1. The van der Waals surface area contributed by atoms with Gasteiger partial charge in [0.2, 0.25) is 6.79 Å². The number of rotatable bonds is 5. The molecular weight excluding hydrogens is 583 g/mol. The minimum absolute atomic E-state index is 0.0413. The van der Waals surface area contributed by atoms with Crippen molar-refractivity contribution in [2.75, 3.05) is 35.4 Å². The van der Waals surface area contributed by atoms with Gasteiger partial charge in [0, 0.05) is 25.0 Å². The molecule has 10 nitrogen and oxygen atoms in total. The van der Waals surface area contributed by atoms with Crippen LogP contribution in [0.3, 0.4) is 0 Å². The number of benzene rings is 2. The first-order valence-electron chi connectivity index (χ1n) is 13.2. The number of ether oxygens (including phenoxy) is 2. The van der Waals surface area contributed by atoms with Gasteiger partial charge in [-0.25, -0.2) is 14.2 Å².